The van der Waals surface area contributed by atoms with Gasteiger partial charge in [-0.1, -0.05) is 26.2 Å². The Hall–Kier alpha value is -0.570. The van der Waals surface area contributed by atoms with Crippen LogP contribution in [0.2, 0.25) is 0 Å². The van der Waals surface area contributed by atoms with E-state index in [9.17, 15) is 4.79 Å². The average Bonchev–Trinajstić information content (AvgIpc) is 2.25. The third-order valence-electron chi connectivity index (χ3n) is 3.41. The van der Waals surface area contributed by atoms with Crippen LogP contribution in [0.1, 0.15) is 58.8 Å². The minimum absolute atomic E-state index is 0.0348. The van der Waals surface area contributed by atoms with E-state index in [0.717, 1.165) is 32.4 Å². The van der Waals surface area contributed by atoms with Crippen LogP contribution in [0.15, 0.2) is 0 Å². The summed E-state index contributed by atoms with van der Waals surface area (Å²) in [5.74, 6) is 0.237. The zero-order valence-electron chi connectivity index (χ0n) is 10.8. The van der Waals surface area contributed by atoms with Crippen LogP contribution in [-0.2, 0) is 4.79 Å². The van der Waals surface area contributed by atoms with Gasteiger partial charge in [-0.25, -0.2) is 0 Å². The Morgan fingerprint density at radius 2 is 1.94 bits per heavy atom. The van der Waals surface area contributed by atoms with Gasteiger partial charge in [0.25, 0.3) is 0 Å². The highest BCUT2D eigenvalue weighted by molar-refractivity contribution is 5.76. The van der Waals surface area contributed by atoms with Gasteiger partial charge in [0.1, 0.15) is 0 Å². The lowest BCUT2D eigenvalue weighted by Gasteiger charge is -2.35. The first-order valence-corrected chi connectivity index (χ1v) is 6.68. The van der Waals surface area contributed by atoms with Crippen molar-refractivity contribution in [3.63, 3.8) is 0 Å². The first kappa shape index (κ1) is 13.5. The molecular weight excluding hydrogens is 200 g/mol. The third-order valence-corrected chi connectivity index (χ3v) is 3.41. The smallest absolute Gasteiger partial charge is 0.220 e. The molecule has 0 aromatic rings. The van der Waals surface area contributed by atoms with Crippen molar-refractivity contribution in [3.8, 4) is 0 Å². The Labute approximate surface area is 99.4 Å². The maximum Gasteiger partial charge on any atom is 0.220 e. The molecule has 0 unspecified atom stereocenters. The minimum Gasteiger partial charge on any atom is -0.351 e. The van der Waals surface area contributed by atoms with Crippen LogP contribution in [0.5, 0.6) is 0 Å². The van der Waals surface area contributed by atoms with E-state index in [1.54, 1.807) is 0 Å². The van der Waals surface area contributed by atoms with Crippen molar-refractivity contribution in [3.05, 3.63) is 0 Å². The number of carbonyl (C=O) groups is 1. The van der Waals surface area contributed by atoms with Crippen LogP contribution in [-0.4, -0.2) is 24.5 Å². The molecule has 0 bridgehead atoms. The lowest BCUT2D eigenvalue weighted by Crippen LogP contribution is -2.52. The number of piperidine rings is 1. The molecule has 0 aromatic heterocycles. The molecule has 3 nitrogen and oxygen atoms in total. The molecule has 1 fully saturated rings. The van der Waals surface area contributed by atoms with Gasteiger partial charge in [-0.05, 0) is 39.3 Å². The molecule has 3 heteroatoms. The number of unbranched alkanes of at least 4 members (excludes halogenated alkanes) is 3. The van der Waals surface area contributed by atoms with E-state index < -0.39 is 0 Å². The minimum atomic E-state index is 0.0348. The predicted octanol–water partition coefficient (Wildman–Crippen LogP) is 2.22. The van der Waals surface area contributed by atoms with E-state index in [-0.39, 0.29) is 11.4 Å². The maximum atomic E-state index is 11.7. The molecule has 0 saturated carbocycles. The van der Waals surface area contributed by atoms with Crippen LogP contribution in [0.3, 0.4) is 0 Å². The number of hydrogen-bond acceptors (Lipinski definition) is 2. The molecule has 0 atom stereocenters. The predicted molar refractivity (Wildman–Crippen MR) is 67.4 cm³/mol. The molecule has 1 aliphatic rings. The zero-order chi connectivity index (χ0) is 11.9. The highest BCUT2D eigenvalue weighted by atomic mass is 16.1. The number of nitrogens with one attached hydrogen (secondary N) is 2. The molecule has 16 heavy (non-hydrogen) atoms. The number of hydrogen-bond donors (Lipinski definition) is 2. The summed E-state index contributed by atoms with van der Waals surface area (Å²) >= 11 is 0. The fourth-order valence-electron chi connectivity index (χ4n) is 2.21. The molecule has 94 valence electrons. The van der Waals surface area contributed by atoms with Crippen molar-refractivity contribution in [2.75, 3.05) is 13.1 Å². The first-order chi connectivity index (χ1) is 7.66. The number of rotatable bonds is 6. The summed E-state index contributed by atoms with van der Waals surface area (Å²) in [6.45, 7) is 6.40. The highest BCUT2D eigenvalue weighted by Crippen LogP contribution is 2.17. The molecule has 0 radical (unpaired) electrons. The molecular formula is C13H26N2O. The van der Waals surface area contributed by atoms with Crippen molar-refractivity contribution in [1.29, 1.82) is 0 Å². The fourth-order valence-corrected chi connectivity index (χ4v) is 2.21. The standard InChI is InChI=1S/C13H26N2O/c1-3-4-5-6-7-12(16)15-13(2)8-10-14-11-9-13/h14H,3-11H2,1-2H3,(H,15,16). The van der Waals surface area contributed by atoms with Gasteiger partial charge >= 0.3 is 0 Å². The van der Waals surface area contributed by atoms with Crippen LogP contribution in [0, 0.1) is 0 Å². The monoisotopic (exact) mass is 226 g/mol. The van der Waals surface area contributed by atoms with Gasteiger partial charge < -0.3 is 10.6 Å². The molecule has 2 N–H and O–H groups in total. The topological polar surface area (TPSA) is 41.1 Å². The molecule has 1 amide bonds. The normalized spacial score (nSPS) is 19.4. The maximum absolute atomic E-state index is 11.7. The van der Waals surface area contributed by atoms with Crippen molar-refractivity contribution >= 4 is 5.91 Å². The summed E-state index contributed by atoms with van der Waals surface area (Å²) in [6, 6.07) is 0. The van der Waals surface area contributed by atoms with Crippen LogP contribution >= 0.6 is 0 Å². The van der Waals surface area contributed by atoms with Gasteiger partial charge in [-0.3, -0.25) is 4.79 Å². The average molecular weight is 226 g/mol. The summed E-state index contributed by atoms with van der Waals surface area (Å²) < 4.78 is 0. The Morgan fingerprint density at radius 3 is 2.56 bits per heavy atom. The van der Waals surface area contributed by atoms with Crippen molar-refractivity contribution in [2.45, 2.75) is 64.3 Å². The Bertz CT molecular complexity index is 210. The number of carbonyl (C=O) groups excluding carboxylic acids is 1. The summed E-state index contributed by atoms with van der Waals surface area (Å²) in [5.41, 5.74) is 0.0348. The molecule has 0 aliphatic carbocycles. The van der Waals surface area contributed by atoms with Gasteiger partial charge in [0, 0.05) is 12.0 Å². The van der Waals surface area contributed by atoms with Crippen LogP contribution < -0.4 is 10.6 Å². The van der Waals surface area contributed by atoms with E-state index in [1.165, 1.54) is 19.3 Å². The highest BCUT2D eigenvalue weighted by Gasteiger charge is 2.27. The molecule has 1 saturated heterocycles. The lowest BCUT2D eigenvalue weighted by atomic mass is 9.90. The van der Waals surface area contributed by atoms with Gasteiger partial charge in [-0.15, -0.1) is 0 Å². The summed E-state index contributed by atoms with van der Waals surface area (Å²) in [5, 5.41) is 6.51. The molecule has 0 spiro atoms. The molecule has 0 aromatic carbocycles. The van der Waals surface area contributed by atoms with E-state index in [1.807, 2.05) is 0 Å². The Balaban J connectivity index is 2.17. The van der Waals surface area contributed by atoms with Crippen molar-refractivity contribution in [2.24, 2.45) is 0 Å². The van der Waals surface area contributed by atoms with Gasteiger partial charge in [0.15, 0.2) is 0 Å². The zero-order valence-corrected chi connectivity index (χ0v) is 10.8. The third kappa shape index (κ3) is 4.97. The van der Waals surface area contributed by atoms with Gasteiger partial charge in [0.05, 0.1) is 0 Å². The number of amides is 1. The summed E-state index contributed by atoms with van der Waals surface area (Å²) in [7, 11) is 0. The van der Waals surface area contributed by atoms with E-state index in [0.29, 0.717) is 6.42 Å². The van der Waals surface area contributed by atoms with Gasteiger partial charge in [-0.2, -0.15) is 0 Å². The quantitative estimate of drug-likeness (QED) is 0.682. The largest absolute Gasteiger partial charge is 0.351 e. The second-order valence-corrected chi connectivity index (χ2v) is 5.17. The lowest BCUT2D eigenvalue weighted by molar-refractivity contribution is -0.123. The van der Waals surface area contributed by atoms with Crippen molar-refractivity contribution in [1.82, 2.24) is 10.6 Å². The second kappa shape index (κ2) is 6.89. The Morgan fingerprint density at radius 1 is 1.25 bits per heavy atom. The van der Waals surface area contributed by atoms with Crippen molar-refractivity contribution < 1.29 is 4.79 Å². The first-order valence-electron chi connectivity index (χ1n) is 6.68. The van der Waals surface area contributed by atoms with Crippen LogP contribution in [0.4, 0.5) is 0 Å². The van der Waals surface area contributed by atoms with Crippen LogP contribution in [0.25, 0.3) is 0 Å². The SMILES string of the molecule is CCCCCCC(=O)NC1(C)CCNCC1. The van der Waals surface area contributed by atoms with E-state index >= 15 is 0 Å². The Kier molecular flexibility index (Phi) is 5.81. The van der Waals surface area contributed by atoms with Gasteiger partial charge in [0.2, 0.25) is 5.91 Å². The summed E-state index contributed by atoms with van der Waals surface area (Å²) in [4.78, 5) is 11.7. The van der Waals surface area contributed by atoms with E-state index in [2.05, 4.69) is 24.5 Å². The fraction of sp³-hybridized carbons (Fsp3) is 0.923. The van der Waals surface area contributed by atoms with E-state index in [4.69, 9.17) is 0 Å². The summed E-state index contributed by atoms with van der Waals surface area (Å²) in [6.07, 6.45) is 7.49. The second-order valence-electron chi connectivity index (χ2n) is 5.17. The molecule has 1 heterocycles. The molecule has 1 aliphatic heterocycles. The molecule has 1 rings (SSSR count).